The van der Waals surface area contributed by atoms with E-state index in [1.807, 2.05) is 29.2 Å². The van der Waals surface area contributed by atoms with Gasteiger partial charge in [-0.05, 0) is 24.3 Å². The quantitative estimate of drug-likeness (QED) is 0.661. The Labute approximate surface area is 178 Å². The zero-order chi connectivity index (χ0) is 20.2. The normalized spacial score (nSPS) is 14.8. The number of benzene rings is 2. The summed E-state index contributed by atoms with van der Waals surface area (Å²) in [6, 6.07) is 15.0. The Morgan fingerprint density at radius 3 is 2.62 bits per heavy atom. The number of para-hydroxylation sites is 1. The van der Waals surface area contributed by atoms with Crippen LogP contribution in [0.15, 0.2) is 53.1 Å². The molecular weight excluding hydrogens is 413 g/mol. The van der Waals surface area contributed by atoms with Crippen molar-refractivity contribution in [1.29, 1.82) is 0 Å². The fourth-order valence-corrected chi connectivity index (χ4v) is 3.51. The first-order chi connectivity index (χ1) is 14.1. The molecular formula is C20H19Cl2N5O2. The molecule has 0 spiro atoms. The summed E-state index contributed by atoms with van der Waals surface area (Å²) < 4.78 is 5.42. The lowest BCUT2D eigenvalue weighted by Gasteiger charge is -2.32. The van der Waals surface area contributed by atoms with Gasteiger partial charge in [0.15, 0.2) is 0 Å². The van der Waals surface area contributed by atoms with Gasteiger partial charge in [-0.2, -0.15) is 4.98 Å². The van der Waals surface area contributed by atoms with Crippen molar-refractivity contribution in [3.8, 4) is 11.4 Å². The summed E-state index contributed by atoms with van der Waals surface area (Å²) >= 11 is 12.1. The van der Waals surface area contributed by atoms with Crippen LogP contribution in [0.3, 0.4) is 0 Å². The molecule has 2 aromatic carbocycles. The van der Waals surface area contributed by atoms with E-state index in [0.29, 0.717) is 60.3 Å². The summed E-state index contributed by atoms with van der Waals surface area (Å²) in [6.45, 7) is 3.11. The minimum atomic E-state index is -0.0902. The van der Waals surface area contributed by atoms with Crippen molar-refractivity contribution in [2.24, 2.45) is 0 Å². The van der Waals surface area contributed by atoms with E-state index in [9.17, 15) is 4.79 Å². The van der Waals surface area contributed by atoms with Gasteiger partial charge < -0.3 is 14.7 Å². The number of carbonyl (C=O) groups is 1. The molecule has 1 aromatic heterocycles. The molecule has 0 unspecified atom stereocenters. The summed E-state index contributed by atoms with van der Waals surface area (Å²) in [4.78, 5) is 20.9. The molecule has 1 aliphatic heterocycles. The third-order valence-corrected chi connectivity index (χ3v) is 5.22. The monoisotopic (exact) mass is 431 g/mol. The molecule has 2 heterocycles. The van der Waals surface area contributed by atoms with Crippen LogP contribution in [-0.4, -0.2) is 53.7 Å². The highest BCUT2D eigenvalue weighted by atomic mass is 35.5. The number of aromatic nitrogens is 2. The highest BCUT2D eigenvalue weighted by Gasteiger charge is 2.23. The van der Waals surface area contributed by atoms with Crippen LogP contribution in [0.5, 0.6) is 0 Å². The molecule has 0 radical (unpaired) electrons. The first-order valence-corrected chi connectivity index (χ1v) is 9.95. The molecule has 7 nitrogen and oxygen atoms in total. The zero-order valence-electron chi connectivity index (χ0n) is 15.5. The molecule has 9 heteroatoms. The van der Waals surface area contributed by atoms with Gasteiger partial charge in [-0.3, -0.25) is 9.69 Å². The molecule has 0 aliphatic carbocycles. The number of halogens is 2. The van der Waals surface area contributed by atoms with Crippen LogP contribution >= 0.6 is 23.2 Å². The Kier molecular flexibility index (Phi) is 5.99. The first-order valence-electron chi connectivity index (χ1n) is 9.20. The van der Waals surface area contributed by atoms with Crippen molar-refractivity contribution in [3.63, 3.8) is 0 Å². The molecule has 0 saturated carbocycles. The fourth-order valence-electron chi connectivity index (χ4n) is 3.14. The van der Waals surface area contributed by atoms with Gasteiger partial charge in [-0.25, -0.2) is 0 Å². The molecule has 29 heavy (non-hydrogen) atoms. The average molecular weight is 432 g/mol. The van der Waals surface area contributed by atoms with Gasteiger partial charge in [-0.15, -0.1) is 0 Å². The highest BCUT2D eigenvalue weighted by Crippen LogP contribution is 2.23. The Morgan fingerprint density at radius 1 is 1.07 bits per heavy atom. The molecule has 3 aromatic rings. The van der Waals surface area contributed by atoms with Gasteiger partial charge in [-0.1, -0.05) is 52.6 Å². The Morgan fingerprint density at radius 2 is 1.86 bits per heavy atom. The van der Waals surface area contributed by atoms with Crippen LogP contribution in [0, 0.1) is 0 Å². The number of hydrogen-bond donors (Lipinski definition) is 1. The minimum Gasteiger partial charge on any atom is -0.324 e. The highest BCUT2D eigenvalue weighted by molar-refractivity contribution is 6.33. The average Bonchev–Trinajstić information content (AvgIpc) is 3.21. The molecule has 1 amide bonds. The van der Waals surface area contributed by atoms with Crippen molar-refractivity contribution < 1.29 is 9.32 Å². The molecule has 0 bridgehead atoms. The lowest BCUT2D eigenvalue weighted by molar-refractivity contribution is -0.117. The summed E-state index contributed by atoms with van der Waals surface area (Å²) in [6.07, 6.45) is 0. The van der Waals surface area contributed by atoms with E-state index in [1.54, 1.807) is 24.3 Å². The van der Waals surface area contributed by atoms with Crippen molar-refractivity contribution in [3.05, 3.63) is 58.6 Å². The molecule has 1 aliphatic rings. The summed E-state index contributed by atoms with van der Waals surface area (Å²) in [5.74, 6) is 0.414. The second kappa shape index (κ2) is 8.82. The summed E-state index contributed by atoms with van der Waals surface area (Å²) in [7, 11) is 0. The number of rotatable bonds is 5. The predicted molar refractivity (Wildman–Crippen MR) is 113 cm³/mol. The number of amides is 1. The Bertz CT molecular complexity index is 1000. The maximum absolute atomic E-state index is 12.3. The second-order valence-electron chi connectivity index (χ2n) is 6.70. The SMILES string of the molecule is O=C(CN1CCN(c2nc(-c3cccc(Cl)c3)no2)CC1)Nc1ccccc1Cl. The van der Waals surface area contributed by atoms with Crippen molar-refractivity contribution in [1.82, 2.24) is 15.0 Å². The van der Waals surface area contributed by atoms with Crippen LogP contribution < -0.4 is 10.2 Å². The van der Waals surface area contributed by atoms with Gasteiger partial charge in [0.05, 0.1) is 17.3 Å². The third-order valence-electron chi connectivity index (χ3n) is 4.66. The van der Waals surface area contributed by atoms with E-state index in [-0.39, 0.29) is 5.91 Å². The fraction of sp³-hybridized carbons (Fsp3) is 0.250. The van der Waals surface area contributed by atoms with Crippen LogP contribution in [0.1, 0.15) is 0 Å². The Balaban J connectivity index is 1.31. The smallest absolute Gasteiger partial charge is 0.324 e. The Hall–Kier alpha value is -2.61. The van der Waals surface area contributed by atoms with E-state index in [1.165, 1.54) is 0 Å². The number of hydrogen-bond acceptors (Lipinski definition) is 6. The standard InChI is InChI=1S/C20H19Cl2N5O2/c21-15-5-3-4-14(12-15)19-24-20(29-25-19)27-10-8-26(9-11-27)13-18(28)23-17-7-2-1-6-16(17)22/h1-7,12H,8-11,13H2,(H,23,28). The van der Waals surface area contributed by atoms with E-state index in [2.05, 4.69) is 20.4 Å². The van der Waals surface area contributed by atoms with Crippen molar-refractivity contribution in [2.75, 3.05) is 42.9 Å². The van der Waals surface area contributed by atoms with Gasteiger partial charge in [0.25, 0.3) is 0 Å². The first kappa shape index (κ1) is 19.7. The maximum Gasteiger partial charge on any atom is 0.324 e. The van der Waals surface area contributed by atoms with Gasteiger partial charge in [0, 0.05) is 36.8 Å². The largest absolute Gasteiger partial charge is 0.324 e. The number of nitrogens with one attached hydrogen (secondary N) is 1. The van der Waals surface area contributed by atoms with E-state index < -0.39 is 0 Å². The molecule has 1 fully saturated rings. The van der Waals surface area contributed by atoms with Gasteiger partial charge in [0.1, 0.15) is 0 Å². The van der Waals surface area contributed by atoms with Crippen LogP contribution in [0.25, 0.3) is 11.4 Å². The van der Waals surface area contributed by atoms with E-state index in [4.69, 9.17) is 27.7 Å². The zero-order valence-corrected chi connectivity index (χ0v) is 17.0. The third kappa shape index (κ3) is 4.87. The second-order valence-corrected chi connectivity index (χ2v) is 7.55. The van der Waals surface area contributed by atoms with Crippen LogP contribution in [-0.2, 0) is 4.79 Å². The number of piperazine rings is 1. The summed E-state index contributed by atoms with van der Waals surface area (Å²) in [5, 5.41) is 8.05. The molecule has 0 atom stereocenters. The van der Waals surface area contributed by atoms with E-state index in [0.717, 1.165) is 5.56 Å². The van der Waals surface area contributed by atoms with Crippen molar-refractivity contribution in [2.45, 2.75) is 0 Å². The van der Waals surface area contributed by atoms with Gasteiger partial charge >= 0.3 is 6.01 Å². The number of carbonyl (C=O) groups excluding carboxylic acids is 1. The van der Waals surface area contributed by atoms with E-state index >= 15 is 0 Å². The topological polar surface area (TPSA) is 74.5 Å². The summed E-state index contributed by atoms with van der Waals surface area (Å²) in [5.41, 5.74) is 1.43. The predicted octanol–water partition coefficient (Wildman–Crippen LogP) is 3.80. The van der Waals surface area contributed by atoms with Gasteiger partial charge in [0.2, 0.25) is 11.7 Å². The molecule has 150 valence electrons. The molecule has 1 N–H and O–H groups in total. The number of anilines is 2. The molecule has 1 saturated heterocycles. The lowest BCUT2D eigenvalue weighted by Crippen LogP contribution is -2.48. The van der Waals surface area contributed by atoms with Crippen molar-refractivity contribution >= 4 is 40.8 Å². The van der Waals surface area contributed by atoms with Crippen LogP contribution in [0.2, 0.25) is 10.0 Å². The lowest BCUT2D eigenvalue weighted by atomic mass is 10.2. The number of nitrogens with zero attached hydrogens (tertiary/aromatic N) is 4. The van der Waals surface area contributed by atoms with Crippen LogP contribution in [0.4, 0.5) is 11.7 Å². The minimum absolute atomic E-state index is 0.0902. The molecule has 4 rings (SSSR count). The maximum atomic E-state index is 12.3.